The number of hydrogen-bond donors (Lipinski definition) is 3. The molecule has 0 aliphatic heterocycles. The Morgan fingerprint density at radius 3 is 2.46 bits per heavy atom. The molecule has 1 atom stereocenters. The molecule has 0 aliphatic carbocycles. The van der Waals surface area contributed by atoms with Crippen molar-refractivity contribution in [2.24, 2.45) is 5.73 Å². The Morgan fingerprint density at radius 2 is 1.88 bits per heavy atom. The first-order chi connectivity index (χ1) is 11.3. The SMILES string of the molecule is Cc1ccc(-c2cc([C@H](O)CNCCN)cc(C(F)(F)F)n2)cc1. The van der Waals surface area contributed by atoms with Gasteiger partial charge in [-0.15, -0.1) is 0 Å². The molecule has 4 N–H and O–H groups in total. The van der Waals surface area contributed by atoms with Crippen molar-refractivity contribution in [3.05, 3.63) is 53.2 Å². The third kappa shape index (κ3) is 4.77. The Kier molecular flexibility index (Phi) is 5.93. The fourth-order valence-corrected chi connectivity index (χ4v) is 2.22. The molecule has 7 heteroatoms. The minimum absolute atomic E-state index is 0.117. The van der Waals surface area contributed by atoms with Crippen molar-refractivity contribution < 1.29 is 18.3 Å². The monoisotopic (exact) mass is 339 g/mol. The summed E-state index contributed by atoms with van der Waals surface area (Å²) in [4.78, 5) is 3.71. The van der Waals surface area contributed by atoms with Crippen LogP contribution in [0.2, 0.25) is 0 Å². The van der Waals surface area contributed by atoms with E-state index in [9.17, 15) is 18.3 Å². The molecule has 0 aliphatic rings. The number of nitrogens with one attached hydrogen (secondary N) is 1. The summed E-state index contributed by atoms with van der Waals surface area (Å²) in [6.07, 6.45) is -5.66. The van der Waals surface area contributed by atoms with Crippen LogP contribution in [0.1, 0.15) is 22.9 Å². The number of benzene rings is 1. The second-order valence-corrected chi connectivity index (χ2v) is 5.54. The molecule has 0 spiro atoms. The number of hydrogen-bond acceptors (Lipinski definition) is 4. The van der Waals surface area contributed by atoms with Gasteiger partial charge in [0, 0.05) is 25.2 Å². The highest BCUT2D eigenvalue weighted by Gasteiger charge is 2.33. The number of nitrogens with two attached hydrogens (primary N) is 1. The number of rotatable bonds is 6. The van der Waals surface area contributed by atoms with Gasteiger partial charge in [0.05, 0.1) is 11.8 Å². The van der Waals surface area contributed by atoms with Crippen LogP contribution < -0.4 is 11.1 Å². The molecular weight excluding hydrogens is 319 g/mol. The third-order valence-corrected chi connectivity index (χ3v) is 3.53. The number of aliphatic hydroxyl groups is 1. The second-order valence-electron chi connectivity index (χ2n) is 5.54. The summed E-state index contributed by atoms with van der Waals surface area (Å²) >= 11 is 0. The fourth-order valence-electron chi connectivity index (χ4n) is 2.22. The maximum absolute atomic E-state index is 13.1. The highest BCUT2D eigenvalue weighted by molar-refractivity contribution is 5.61. The van der Waals surface area contributed by atoms with E-state index in [-0.39, 0.29) is 17.8 Å². The average molecular weight is 339 g/mol. The standard InChI is InChI=1S/C17H20F3N3O/c1-11-2-4-12(5-3-11)14-8-13(15(24)10-22-7-6-21)9-16(23-14)17(18,19)20/h2-5,8-9,15,22,24H,6-7,10,21H2,1H3/t15-/m1/s1. The van der Waals surface area contributed by atoms with E-state index in [2.05, 4.69) is 10.3 Å². The average Bonchev–Trinajstić information content (AvgIpc) is 2.54. The topological polar surface area (TPSA) is 71.2 Å². The number of nitrogens with zero attached hydrogens (tertiary/aromatic N) is 1. The van der Waals surface area contributed by atoms with E-state index >= 15 is 0 Å². The van der Waals surface area contributed by atoms with Crippen molar-refractivity contribution in [1.82, 2.24) is 10.3 Å². The lowest BCUT2D eigenvalue weighted by atomic mass is 10.0. The maximum atomic E-state index is 13.1. The summed E-state index contributed by atoms with van der Waals surface area (Å²) in [5.74, 6) is 0. The molecule has 0 unspecified atom stereocenters. The summed E-state index contributed by atoms with van der Waals surface area (Å²) in [6.45, 7) is 2.86. The molecule has 4 nitrogen and oxygen atoms in total. The normalized spacial score (nSPS) is 13.1. The summed E-state index contributed by atoms with van der Waals surface area (Å²) < 4.78 is 39.4. The molecule has 0 fully saturated rings. The molecule has 0 radical (unpaired) electrons. The van der Waals surface area contributed by atoms with Gasteiger partial charge in [0.1, 0.15) is 5.69 Å². The molecule has 2 rings (SSSR count). The van der Waals surface area contributed by atoms with E-state index in [1.165, 1.54) is 6.07 Å². The van der Waals surface area contributed by atoms with Gasteiger partial charge in [-0.1, -0.05) is 29.8 Å². The second kappa shape index (κ2) is 7.74. The van der Waals surface area contributed by atoms with Crippen molar-refractivity contribution >= 4 is 0 Å². The predicted molar refractivity (Wildman–Crippen MR) is 86.3 cm³/mol. The molecule has 0 bridgehead atoms. The third-order valence-electron chi connectivity index (χ3n) is 3.53. The van der Waals surface area contributed by atoms with Crippen LogP contribution in [0.15, 0.2) is 36.4 Å². The largest absolute Gasteiger partial charge is 0.433 e. The summed E-state index contributed by atoms with van der Waals surface area (Å²) in [6, 6.07) is 9.38. The van der Waals surface area contributed by atoms with E-state index < -0.39 is 18.0 Å². The van der Waals surface area contributed by atoms with Gasteiger partial charge in [-0.2, -0.15) is 13.2 Å². The van der Waals surface area contributed by atoms with Gasteiger partial charge in [-0.25, -0.2) is 4.98 Å². The number of aryl methyl sites for hydroxylation is 1. The molecule has 24 heavy (non-hydrogen) atoms. The van der Waals surface area contributed by atoms with Gasteiger partial charge in [-0.05, 0) is 24.6 Å². The first-order valence-corrected chi connectivity index (χ1v) is 7.56. The fraction of sp³-hybridized carbons (Fsp3) is 0.353. The van der Waals surface area contributed by atoms with Crippen LogP contribution in [-0.2, 0) is 6.18 Å². The Balaban J connectivity index is 2.40. The van der Waals surface area contributed by atoms with Crippen molar-refractivity contribution in [3.63, 3.8) is 0 Å². The number of aliphatic hydroxyl groups excluding tert-OH is 1. The lowest BCUT2D eigenvalue weighted by Gasteiger charge is -2.16. The van der Waals surface area contributed by atoms with E-state index in [4.69, 9.17) is 5.73 Å². The molecule has 1 aromatic carbocycles. The highest BCUT2D eigenvalue weighted by atomic mass is 19.4. The van der Waals surface area contributed by atoms with E-state index in [1.807, 2.05) is 6.92 Å². The van der Waals surface area contributed by atoms with Crippen LogP contribution in [-0.4, -0.2) is 29.7 Å². The predicted octanol–water partition coefficient (Wildman–Crippen LogP) is 2.66. The van der Waals surface area contributed by atoms with Crippen LogP contribution in [0.4, 0.5) is 13.2 Å². The maximum Gasteiger partial charge on any atom is 0.433 e. The van der Waals surface area contributed by atoms with Crippen molar-refractivity contribution in [2.45, 2.75) is 19.2 Å². The quantitative estimate of drug-likeness (QED) is 0.708. The Hall–Kier alpha value is -1.96. The number of halogens is 3. The number of aromatic nitrogens is 1. The van der Waals surface area contributed by atoms with Gasteiger partial charge in [-0.3, -0.25) is 0 Å². The van der Waals surface area contributed by atoms with Crippen LogP contribution >= 0.6 is 0 Å². The van der Waals surface area contributed by atoms with E-state index in [0.717, 1.165) is 11.6 Å². The Labute approximate surface area is 138 Å². The minimum atomic E-state index is -4.58. The molecule has 1 heterocycles. The summed E-state index contributed by atoms with van der Waals surface area (Å²) in [5, 5.41) is 13.0. The minimum Gasteiger partial charge on any atom is -0.387 e. The molecule has 1 aromatic heterocycles. The number of alkyl halides is 3. The van der Waals surface area contributed by atoms with Crippen molar-refractivity contribution in [1.29, 1.82) is 0 Å². The molecular formula is C17H20F3N3O. The Bertz CT molecular complexity index is 672. The molecule has 2 aromatic rings. The summed E-state index contributed by atoms with van der Waals surface area (Å²) in [7, 11) is 0. The zero-order chi connectivity index (χ0) is 17.7. The van der Waals surface area contributed by atoms with Gasteiger partial charge >= 0.3 is 6.18 Å². The zero-order valence-electron chi connectivity index (χ0n) is 13.3. The van der Waals surface area contributed by atoms with Crippen molar-refractivity contribution in [3.8, 4) is 11.3 Å². The Morgan fingerprint density at radius 1 is 1.21 bits per heavy atom. The zero-order valence-corrected chi connectivity index (χ0v) is 13.3. The van der Waals surface area contributed by atoms with Gasteiger partial charge in [0.15, 0.2) is 0 Å². The van der Waals surface area contributed by atoms with Crippen LogP contribution in [0.25, 0.3) is 11.3 Å². The van der Waals surface area contributed by atoms with E-state index in [1.54, 1.807) is 24.3 Å². The van der Waals surface area contributed by atoms with Crippen LogP contribution in [0.3, 0.4) is 0 Å². The van der Waals surface area contributed by atoms with Gasteiger partial charge in [0.2, 0.25) is 0 Å². The highest BCUT2D eigenvalue weighted by Crippen LogP contribution is 2.32. The molecule has 0 saturated heterocycles. The smallest absolute Gasteiger partial charge is 0.387 e. The first kappa shape index (κ1) is 18.4. The summed E-state index contributed by atoms with van der Waals surface area (Å²) in [5.41, 5.74) is 6.23. The van der Waals surface area contributed by atoms with Gasteiger partial charge < -0.3 is 16.2 Å². The van der Waals surface area contributed by atoms with E-state index in [0.29, 0.717) is 18.7 Å². The van der Waals surface area contributed by atoms with Gasteiger partial charge in [0.25, 0.3) is 0 Å². The number of pyridine rings is 1. The van der Waals surface area contributed by atoms with Crippen molar-refractivity contribution in [2.75, 3.05) is 19.6 Å². The van der Waals surface area contributed by atoms with Crippen LogP contribution in [0.5, 0.6) is 0 Å². The first-order valence-electron chi connectivity index (χ1n) is 7.56. The molecule has 0 saturated carbocycles. The van der Waals surface area contributed by atoms with Crippen LogP contribution in [0, 0.1) is 6.92 Å². The lowest BCUT2D eigenvalue weighted by molar-refractivity contribution is -0.141. The molecule has 0 amide bonds. The molecule has 130 valence electrons. The lowest BCUT2D eigenvalue weighted by Crippen LogP contribution is -2.27.